The van der Waals surface area contributed by atoms with E-state index in [0.29, 0.717) is 11.3 Å². The van der Waals surface area contributed by atoms with Crippen LogP contribution in [0.3, 0.4) is 0 Å². The molecule has 0 aliphatic heterocycles. The number of aromatic nitrogens is 2. The van der Waals surface area contributed by atoms with Gasteiger partial charge in [-0.1, -0.05) is 29.4 Å². The SMILES string of the molecule is Cc1ccccc1-c1noc(=O)n1CC(=O)NC(=O)NCc1ccco1. The third-order valence-corrected chi connectivity index (χ3v) is 3.63. The second-order valence-electron chi connectivity index (χ2n) is 5.48. The normalized spacial score (nSPS) is 10.5. The predicted octanol–water partition coefficient (Wildman–Crippen LogP) is 1.43. The zero-order valence-corrected chi connectivity index (χ0v) is 13.9. The number of amides is 3. The first-order valence-corrected chi connectivity index (χ1v) is 7.77. The molecule has 3 amide bonds. The van der Waals surface area contributed by atoms with Crippen LogP contribution in [0.2, 0.25) is 0 Å². The molecule has 0 aliphatic rings. The first kappa shape index (κ1) is 17.2. The molecule has 0 radical (unpaired) electrons. The fraction of sp³-hybridized carbons (Fsp3) is 0.176. The van der Waals surface area contributed by atoms with Gasteiger partial charge < -0.3 is 9.73 Å². The number of hydrogen-bond donors (Lipinski definition) is 2. The van der Waals surface area contributed by atoms with Crippen molar-refractivity contribution < 1.29 is 18.5 Å². The maximum Gasteiger partial charge on any atom is 0.442 e. The minimum Gasteiger partial charge on any atom is -0.467 e. The lowest BCUT2D eigenvalue weighted by Crippen LogP contribution is -2.41. The summed E-state index contributed by atoms with van der Waals surface area (Å²) in [6, 6.07) is 9.91. The molecule has 134 valence electrons. The van der Waals surface area contributed by atoms with E-state index in [4.69, 9.17) is 4.42 Å². The highest BCUT2D eigenvalue weighted by Crippen LogP contribution is 2.19. The number of aryl methyl sites for hydroxylation is 1. The van der Waals surface area contributed by atoms with E-state index in [1.165, 1.54) is 6.26 Å². The maximum absolute atomic E-state index is 12.1. The van der Waals surface area contributed by atoms with E-state index in [-0.39, 0.29) is 12.4 Å². The van der Waals surface area contributed by atoms with E-state index >= 15 is 0 Å². The molecule has 1 aromatic carbocycles. The Morgan fingerprint density at radius 3 is 2.73 bits per heavy atom. The molecule has 2 N–H and O–H groups in total. The van der Waals surface area contributed by atoms with Crippen LogP contribution in [0.5, 0.6) is 0 Å². The van der Waals surface area contributed by atoms with Gasteiger partial charge in [-0.3, -0.25) is 14.6 Å². The highest BCUT2D eigenvalue weighted by Gasteiger charge is 2.18. The summed E-state index contributed by atoms with van der Waals surface area (Å²) in [6.07, 6.45) is 1.48. The van der Waals surface area contributed by atoms with Gasteiger partial charge in [-0.25, -0.2) is 14.2 Å². The van der Waals surface area contributed by atoms with Gasteiger partial charge in [0.2, 0.25) is 5.91 Å². The van der Waals surface area contributed by atoms with Crippen molar-refractivity contribution in [2.45, 2.75) is 20.0 Å². The molecule has 3 aromatic rings. The molecule has 0 aliphatic carbocycles. The van der Waals surface area contributed by atoms with Gasteiger partial charge in [0.1, 0.15) is 12.3 Å². The zero-order chi connectivity index (χ0) is 18.5. The van der Waals surface area contributed by atoms with Crippen LogP contribution in [-0.4, -0.2) is 21.7 Å². The van der Waals surface area contributed by atoms with Crippen molar-refractivity contribution >= 4 is 11.9 Å². The van der Waals surface area contributed by atoms with Crippen LogP contribution in [0, 0.1) is 6.92 Å². The molecule has 2 heterocycles. The van der Waals surface area contributed by atoms with Crippen LogP contribution < -0.4 is 16.4 Å². The number of hydrogen-bond acceptors (Lipinski definition) is 6. The first-order chi connectivity index (χ1) is 12.5. The molecule has 0 bridgehead atoms. The minimum absolute atomic E-state index is 0.133. The van der Waals surface area contributed by atoms with Crippen LogP contribution in [-0.2, 0) is 17.9 Å². The highest BCUT2D eigenvalue weighted by molar-refractivity contribution is 5.94. The van der Waals surface area contributed by atoms with E-state index in [2.05, 4.69) is 20.3 Å². The zero-order valence-electron chi connectivity index (χ0n) is 13.9. The van der Waals surface area contributed by atoms with Crippen molar-refractivity contribution in [1.82, 2.24) is 20.4 Å². The predicted molar refractivity (Wildman–Crippen MR) is 90.0 cm³/mol. The Morgan fingerprint density at radius 2 is 2.00 bits per heavy atom. The average molecular weight is 356 g/mol. The van der Waals surface area contributed by atoms with Crippen molar-refractivity contribution in [2.75, 3.05) is 0 Å². The molecule has 0 spiro atoms. The van der Waals surface area contributed by atoms with Gasteiger partial charge in [0.25, 0.3) is 0 Å². The van der Waals surface area contributed by atoms with E-state index in [1.807, 2.05) is 19.1 Å². The summed E-state index contributed by atoms with van der Waals surface area (Å²) in [6.45, 7) is 1.58. The highest BCUT2D eigenvalue weighted by atomic mass is 16.5. The topological polar surface area (TPSA) is 119 Å². The number of carbonyl (C=O) groups is 2. The number of furan rings is 1. The Hall–Kier alpha value is -3.62. The van der Waals surface area contributed by atoms with E-state index in [9.17, 15) is 14.4 Å². The number of benzene rings is 1. The van der Waals surface area contributed by atoms with E-state index in [1.54, 1.807) is 24.3 Å². The van der Waals surface area contributed by atoms with Crippen LogP contribution in [0.4, 0.5) is 4.79 Å². The Kier molecular flexibility index (Phi) is 4.97. The lowest BCUT2D eigenvalue weighted by Gasteiger charge is -2.08. The van der Waals surface area contributed by atoms with Crippen molar-refractivity contribution in [3.8, 4) is 11.4 Å². The summed E-state index contributed by atoms with van der Waals surface area (Å²) in [5.74, 6) is -0.694. The fourth-order valence-corrected chi connectivity index (χ4v) is 2.36. The molecule has 0 fully saturated rings. The van der Waals surface area contributed by atoms with Crippen molar-refractivity contribution in [1.29, 1.82) is 0 Å². The number of urea groups is 1. The number of nitrogens with zero attached hydrogens (tertiary/aromatic N) is 2. The van der Waals surface area contributed by atoms with Crippen LogP contribution >= 0.6 is 0 Å². The Labute approximate surface area is 147 Å². The third kappa shape index (κ3) is 3.89. The molecular weight excluding hydrogens is 340 g/mol. The summed E-state index contributed by atoms with van der Waals surface area (Å²) >= 11 is 0. The molecule has 0 saturated heterocycles. The molecule has 2 aromatic heterocycles. The average Bonchev–Trinajstić information content (AvgIpc) is 3.25. The van der Waals surface area contributed by atoms with Gasteiger partial charge in [-0.05, 0) is 24.6 Å². The van der Waals surface area contributed by atoms with E-state index < -0.39 is 24.2 Å². The molecule has 0 atom stereocenters. The van der Waals surface area contributed by atoms with Gasteiger partial charge in [0.05, 0.1) is 12.8 Å². The molecule has 0 saturated carbocycles. The Morgan fingerprint density at radius 1 is 1.19 bits per heavy atom. The number of carbonyl (C=O) groups excluding carboxylic acids is 2. The van der Waals surface area contributed by atoms with Crippen LogP contribution in [0.1, 0.15) is 11.3 Å². The summed E-state index contributed by atoms with van der Waals surface area (Å²) in [7, 11) is 0. The molecular formula is C17H16N4O5. The van der Waals surface area contributed by atoms with E-state index in [0.717, 1.165) is 10.1 Å². The standard InChI is InChI=1S/C17H16N4O5/c1-11-5-2-3-7-13(11)15-20-26-17(24)21(15)10-14(22)19-16(23)18-9-12-6-4-8-25-12/h2-8H,9-10H2,1H3,(H2,18,19,22,23). The van der Waals surface area contributed by atoms with Crippen LogP contribution in [0.15, 0.2) is 56.4 Å². The first-order valence-electron chi connectivity index (χ1n) is 7.77. The minimum atomic E-state index is -0.783. The van der Waals surface area contributed by atoms with Gasteiger partial charge in [0.15, 0.2) is 5.82 Å². The molecule has 9 nitrogen and oxygen atoms in total. The number of rotatable bonds is 5. The van der Waals surface area contributed by atoms with Gasteiger partial charge in [-0.15, -0.1) is 0 Å². The monoisotopic (exact) mass is 356 g/mol. The van der Waals surface area contributed by atoms with Crippen molar-refractivity contribution in [2.24, 2.45) is 0 Å². The molecule has 0 unspecified atom stereocenters. The maximum atomic E-state index is 12.1. The van der Waals surface area contributed by atoms with Gasteiger partial charge >= 0.3 is 11.8 Å². The van der Waals surface area contributed by atoms with Crippen molar-refractivity contribution in [3.63, 3.8) is 0 Å². The summed E-state index contributed by atoms with van der Waals surface area (Å²) in [4.78, 5) is 35.7. The summed E-state index contributed by atoms with van der Waals surface area (Å²) < 4.78 is 10.8. The number of imide groups is 1. The second-order valence-corrected chi connectivity index (χ2v) is 5.48. The smallest absolute Gasteiger partial charge is 0.442 e. The molecule has 9 heteroatoms. The lowest BCUT2D eigenvalue weighted by molar-refractivity contribution is -0.120. The van der Waals surface area contributed by atoms with Gasteiger partial charge in [0, 0.05) is 5.56 Å². The second kappa shape index (κ2) is 7.51. The molecule has 26 heavy (non-hydrogen) atoms. The largest absolute Gasteiger partial charge is 0.467 e. The third-order valence-electron chi connectivity index (χ3n) is 3.63. The van der Waals surface area contributed by atoms with Crippen LogP contribution in [0.25, 0.3) is 11.4 Å². The Balaban J connectivity index is 1.66. The fourth-order valence-electron chi connectivity index (χ4n) is 2.36. The molecule has 3 rings (SSSR count). The quantitative estimate of drug-likeness (QED) is 0.714. The lowest BCUT2D eigenvalue weighted by atomic mass is 10.1. The number of nitrogens with one attached hydrogen (secondary N) is 2. The summed E-state index contributed by atoms with van der Waals surface area (Å²) in [5.41, 5.74) is 1.53. The summed E-state index contributed by atoms with van der Waals surface area (Å²) in [5, 5.41) is 8.35. The van der Waals surface area contributed by atoms with Crippen molar-refractivity contribution in [3.05, 3.63) is 64.5 Å². The Bertz CT molecular complexity index is 971. The van der Waals surface area contributed by atoms with Gasteiger partial charge in [-0.2, -0.15) is 0 Å².